The maximum atomic E-state index is 4.33. The molecule has 3 aromatic rings. The van der Waals surface area contributed by atoms with Gasteiger partial charge in [0.1, 0.15) is 17.8 Å². The lowest BCUT2D eigenvalue weighted by Gasteiger charge is -2.09. The van der Waals surface area contributed by atoms with E-state index < -0.39 is 0 Å². The molecule has 0 aliphatic heterocycles. The zero-order valence-electron chi connectivity index (χ0n) is 11.1. The minimum absolute atomic E-state index is 0.772. The van der Waals surface area contributed by atoms with Crippen LogP contribution in [0.4, 0.5) is 5.82 Å². The van der Waals surface area contributed by atoms with Gasteiger partial charge < -0.3 is 9.88 Å². The normalized spacial score (nSPS) is 10.8. The monoisotopic (exact) mass is 252 g/mol. The number of anilines is 1. The molecule has 0 aliphatic rings. The number of hydrogen-bond acceptors (Lipinski definition) is 3. The highest BCUT2D eigenvalue weighted by Crippen LogP contribution is 2.20. The summed E-state index contributed by atoms with van der Waals surface area (Å²) in [4.78, 5) is 8.62. The van der Waals surface area contributed by atoms with Crippen LogP contribution < -0.4 is 5.32 Å². The van der Waals surface area contributed by atoms with Gasteiger partial charge in [0.15, 0.2) is 0 Å². The first-order valence-corrected chi connectivity index (χ1v) is 6.30. The minimum atomic E-state index is 0.772. The van der Waals surface area contributed by atoms with E-state index >= 15 is 0 Å². The second-order valence-corrected chi connectivity index (χ2v) is 4.67. The molecular weight excluding hydrogens is 236 g/mol. The van der Waals surface area contributed by atoms with Gasteiger partial charge in [-0.05, 0) is 24.1 Å². The average molecular weight is 252 g/mol. The van der Waals surface area contributed by atoms with Crippen molar-refractivity contribution >= 4 is 16.9 Å². The molecule has 4 nitrogen and oxygen atoms in total. The third-order valence-corrected chi connectivity index (χ3v) is 3.37. The summed E-state index contributed by atoms with van der Waals surface area (Å²) in [6, 6.07) is 10.4. The third-order valence-electron chi connectivity index (χ3n) is 3.37. The fraction of sp³-hybridized carbons (Fsp3) is 0.200. The van der Waals surface area contributed by atoms with Gasteiger partial charge in [-0.25, -0.2) is 9.97 Å². The van der Waals surface area contributed by atoms with Gasteiger partial charge in [0.2, 0.25) is 0 Å². The Morgan fingerprint density at radius 2 is 2.00 bits per heavy atom. The number of aryl methyl sites for hydroxylation is 2. The molecule has 96 valence electrons. The summed E-state index contributed by atoms with van der Waals surface area (Å²) in [5, 5.41) is 4.45. The smallest absolute Gasteiger partial charge is 0.145 e. The predicted molar refractivity (Wildman–Crippen MR) is 77.0 cm³/mol. The zero-order chi connectivity index (χ0) is 13.2. The summed E-state index contributed by atoms with van der Waals surface area (Å²) in [6.45, 7) is 2.89. The quantitative estimate of drug-likeness (QED) is 0.779. The fourth-order valence-corrected chi connectivity index (χ4v) is 2.21. The van der Waals surface area contributed by atoms with Gasteiger partial charge in [-0.1, -0.05) is 24.3 Å². The maximum Gasteiger partial charge on any atom is 0.145 e. The van der Waals surface area contributed by atoms with Crippen LogP contribution in [-0.4, -0.2) is 14.5 Å². The Bertz CT molecular complexity index is 715. The molecule has 0 aliphatic carbocycles. The highest BCUT2D eigenvalue weighted by atomic mass is 15.1. The molecule has 1 N–H and O–H groups in total. The molecule has 0 radical (unpaired) electrons. The minimum Gasteiger partial charge on any atom is -0.365 e. The number of nitrogens with one attached hydrogen (secondary N) is 1. The van der Waals surface area contributed by atoms with Crippen molar-refractivity contribution in [2.45, 2.75) is 13.5 Å². The van der Waals surface area contributed by atoms with Crippen LogP contribution in [0.2, 0.25) is 0 Å². The maximum absolute atomic E-state index is 4.33. The van der Waals surface area contributed by atoms with Gasteiger partial charge >= 0.3 is 0 Å². The largest absolute Gasteiger partial charge is 0.365 e. The van der Waals surface area contributed by atoms with Gasteiger partial charge in [-0.2, -0.15) is 0 Å². The Kier molecular flexibility index (Phi) is 2.91. The summed E-state index contributed by atoms with van der Waals surface area (Å²) in [7, 11) is 1.99. The fourth-order valence-electron chi connectivity index (χ4n) is 2.21. The number of nitrogens with zero attached hydrogens (tertiary/aromatic N) is 3. The third kappa shape index (κ3) is 2.17. The standard InChI is InChI=1S/C15H16N4/c1-11-5-3-4-6-12(11)9-16-14-13-7-8-19(2)15(13)18-10-17-14/h3-8,10H,9H2,1-2H3,(H,16,17,18). The van der Waals surface area contributed by atoms with Crippen molar-refractivity contribution in [2.75, 3.05) is 5.32 Å². The Morgan fingerprint density at radius 1 is 1.16 bits per heavy atom. The topological polar surface area (TPSA) is 42.7 Å². The molecule has 2 aromatic heterocycles. The SMILES string of the molecule is Cc1ccccc1CNc1ncnc2c1ccn2C. The van der Waals surface area contributed by atoms with E-state index in [-0.39, 0.29) is 0 Å². The summed E-state index contributed by atoms with van der Waals surface area (Å²) < 4.78 is 2.00. The van der Waals surface area contributed by atoms with Crippen LogP contribution in [0, 0.1) is 6.92 Å². The molecule has 0 fully saturated rings. The zero-order valence-corrected chi connectivity index (χ0v) is 11.1. The molecule has 0 spiro atoms. The van der Waals surface area contributed by atoms with Crippen molar-refractivity contribution in [3.8, 4) is 0 Å². The molecule has 0 saturated heterocycles. The van der Waals surface area contributed by atoms with E-state index in [0.29, 0.717) is 0 Å². The van der Waals surface area contributed by atoms with Crippen molar-refractivity contribution in [3.63, 3.8) is 0 Å². The lowest BCUT2D eigenvalue weighted by molar-refractivity contribution is 0.943. The Labute approximate surface area is 112 Å². The number of benzene rings is 1. The van der Waals surface area contributed by atoms with Crippen LogP contribution >= 0.6 is 0 Å². The number of rotatable bonds is 3. The molecule has 19 heavy (non-hydrogen) atoms. The molecule has 0 atom stereocenters. The highest BCUT2D eigenvalue weighted by Gasteiger charge is 2.06. The molecule has 3 rings (SSSR count). The van der Waals surface area contributed by atoms with Crippen molar-refractivity contribution in [3.05, 3.63) is 54.0 Å². The van der Waals surface area contributed by atoms with Crippen LogP contribution in [0.25, 0.3) is 11.0 Å². The van der Waals surface area contributed by atoms with Crippen LogP contribution in [0.5, 0.6) is 0 Å². The first kappa shape index (κ1) is 11.7. The molecule has 0 saturated carbocycles. The molecule has 2 heterocycles. The van der Waals surface area contributed by atoms with Gasteiger partial charge in [0.25, 0.3) is 0 Å². The van der Waals surface area contributed by atoms with Crippen molar-refractivity contribution in [2.24, 2.45) is 7.05 Å². The average Bonchev–Trinajstić information content (AvgIpc) is 2.81. The number of hydrogen-bond donors (Lipinski definition) is 1. The van der Waals surface area contributed by atoms with E-state index in [1.807, 2.05) is 23.9 Å². The molecule has 4 heteroatoms. The molecule has 0 amide bonds. The second-order valence-electron chi connectivity index (χ2n) is 4.67. The number of fused-ring (bicyclic) bond motifs is 1. The van der Waals surface area contributed by atoms with E-state index in [2.05, 4.69) is 46.5 Å². The van der Waals surface area contributed by atoms with E-state index in [1.54, 1.807) is 6.33 Å². The van der Waals surface area contributed by atoms with E-state index in [4.69, 9.17) is 0 Å². The molecule has 0 bridgehead atoms. The van der Waals surface area contributed by atoms with Gasteiger partial charge in [0.05, 0.1) is 5.39 Å². The van der Waals surface area contributed by atoms with Gasteiger partial charge in [-0.3, -0.25) is 0 Å². The van der Waals surface area contributed by atoms with Gasteiger partial charge in [-0.15, -0.1) is 0 Å². The second kappa shape index (κ2) is 4.72. The van der Waals surface area contributed by atoms with Crippen LogP contribution in [0.1, 0.15) is 11.1 Å². The van der Waals surface area contributed by atoms with E-state index in [9.17, 15) is 0 Å². The lowest BCUT2D eigenvalue weighted by Crippen LogP contribution is -2.03. The summed E-state index contributed by atoms with van der Waals surface area (Å²) >= 11 is 0. The van der Waals surface area contributed by atoms with Crippen molar-refractivity contribution in [1.82, 2.24) is 14.5 Å². The number of aromatic nitrogens is 3. The Balaban J connectivity index is 1.88. The summed E-state index contributed by atoms with van der Waals surface area (Å²) in [5.74, 6) is 0.883. The molecule has 1 aromatic carbocycles. The highest BCUT2D eigenvalue weighted by molar-refractivity contribution is 5.87. The first-order chi connectivity index (χ1) is 9.25. The van der Waals surface area contributed by atoms with Crippen molar-refractivity contribution < 1.29 is 0 Å². The van der Waals surface area contributed by atoms with E-state index in [0.717, 1.165) is 23.4 Å². The van der Waals surface area contributed by atoms with E-state index in [1.165, 1.54) is 11.1 Å². The van der Waals surface area contributed by atoms with Crippen LogP contribution in [0.3, 0.4) is 0 Å². The van der Waals surface area contributed by atoms with Crippen LogP contribution in [-0.2, 0) is 13.6 Å². The Hall–Kier alpha value is -2.36. The van der Waals surface area contributed by atoms with Gasteiger partial charge in [0, 0.05) is 19.8 Å². The summed E-state index contributed by atoms with van der Waals surface area (Å²) in [6.07, 6.45) is 3.60. The van der Waals surface area contributed by atoms with Crippen LogP contribution in [0.15, 0.2) is 42.9 Å². The summed E-state index contributed by atoms with van der Waals surface area (Å²) in [5.41, 5.74) is 3.51. The predicted octanol–water partition coefficient (Wildman–Crippen LogP) is 2.89. The lowest BCUT2D eigenvalue weighted by atomic mass is 10.1. The molecule has 0 unspecified atom stereocenters. The first-order valence-electron chi connectivity index (χ1n) is 6.30. The van der Waals surface area contributed by atoms with Crippen molar-refractivity contribution in [1.29, 1.82) is 0 Å². The Morgan fingerprint density at radius 3 is 2.84 bits per heavy atom. The molecular formula is C15H16N4.